The smallest absolute Gasteiger partial charge is 0.338 e. The molecule has 1 aliphatic rings. The van der Waals surface area contributed by atoms with Crippen molar-refractivity contribution in [3.8, 4) is 0 Å². The molecule has 3 aromatic rings. The van der Waals surface area contributed by atoms with Crippen molar-refractivity contribution in [1.82, 2.24) is 0 Å². The molecule has 0 fully saturated rings. The average molecular weight is 403 g/mol. The third kappa shape index (κ3) is 4.17. The van der Waals surface area contributed by atoms with Crippen LogP contribution in [0.15, 0.2) is 65.3 Å². The number of fused-ring (bicyclic) bond motifs is 1. The van der Waals surface area contributed by atoms with Crippen molar-refractivity contribution in [3.63, 3.8) is 0 Å². The minimum atomic E-state index is -0.893. The number of amides is 1. The predicted molar refractivity (Wildman–Crippen MR) is 111 cm³/mol. The van der Waals surface area contributed by atoms with Gasteiger partial charge in [-0.05, 0) is 79.8 Å². The fraction of sp³-hybridized carbons (Fsp3) is 0.208. The molecule has 1 amide bonds. The Balaban J connectivity index is 1.37. The van der Waals surface area contributed by atoms with E-state index in [9.17, 15) is 14.4 Å². The normalized spacial score (nSPS) is 13.4. The predicted octanol–water partition coefficient (Wildman–Crippen LogP) is 4.45. The topological polar surface area (TPSA) is 85.6 Å². The second-order valence-corrected chi connectivity index (χ2v) is 7.26. The van der Waals surface area contributed by atoms with Crippen LogP contribution in [0.25, 0.3) is 0 Å². The summed E-state index contributed by atoms with van der Waals surface area (Å²) < 4.78 is 10.4. The molecule has 1 aromatic heterocycles. The van der Waals surface area contributed by atoms with Gasteiger partial charge in [-0.2, -0.15) is 0 Å². The van der Waals surface area contributed by atoms with Gasteiger partial charge in [0.25, 0.3) is 5.91 Å². The molecule has 1 atom stereocenters. The largest absolute Gasteiger partial charge is 0.459 e. The molecule has 0 spiro atoms. The molecule has 4 rings (SSSR count). The van der Waals surface area contributed by atoms with Crippen LogP contribution in [-0.4, -0.2) is 23.8 Å². The van der Waals surface area contributed by atoms with Crippen molar-refractivity contribution in [2.24, 2.45) is 0 Å². The van der Waals surface area contributed by atoms with E-state index in [2.05, 4.69) is 5.32 Å². The van der Waals surface area contributed by atoms with Crippen LogP contribution in [0, 0.1) is 0 Å². The Hall–Kier alpha value is -3.67. The number of carbonyl (C=O) groups excluding carboxylic acids is 3. The van der Waals surface area contributed by atoms with Gasteiger partial charge in [-0.3, -0.25) is 9.59 Å². The van der Waals surface area contributed by atoms with Crippen LogP contribution in [-0.2, 0) is 17.6 Å². The summed E-state index contributed by atoms with van der Waals surface area (Å²) in [4.78, 5) is 37.1. The highest BCUT2D eigenvalue weighted by atomic mass is 16.5. The number of Topliss-reactive ketones (excluding diaryl/α,β-unsaturated/α-hetero) is 1. The first-order chi connectivity index (χ1) is 14.5. The van der Waals surface area contributed by atoms with Crippen molar-refractivity contribution in [3.05, 3.63) is 88.9 Å². The highest BCUT2D eigenvalue weighted by Gasteiger charge is 2.22. The molecule has 1 heterocycles. The molecular weight excluding hydrogens is 382 g/mol. The Bertz CT molecular complexity index is 1080. The second-order valence-electron chi connectivity index (χ2n) is 7.26. The molecule has 0 saturated heterocycles. The van der Waals surface area contributed by atoms with Gasteiger partial charge in [0.05, 0.1) is 11.8 Å². The first-order valence-electron chi connectivity index (χ1n) is 9.83. The number of ketones is 1. The van der Waals surface area contributed by atoms with E-state index in [1.54, 1.807) is 37.3 Å². The number of carbonyl (C=O) groups is 3. The average Bonchev–Trinajstić information content (AvgIpc) is 3.45. The zero-order chi connectivity index (χ0) is 21.1. The lowest BCUT2D eigenvalue weighted by Crippen LogP contribution is -2.24. The van der Waals surface area contributed by atoms with E-state index in [0.29, 0.717) is 16.8 Å². The molecule has 0 bridgehead atoms. The van der Waals surface area contributed by atoms with Crippen LogP contribution in [0.4, 0.5) is 5.69 Å². The van der Waals surface area contributed by atoms with E-state index in [4.69, 9.17) is 9.15 Å². The summed E-state index contributed by atoms with van der Waals surface area (Å²) in [6, 6.07) is 15.1. The van der Waals surface area contributed by atoms with Crippen molar-refractivity contribution < 1.29 is 23.5 Å². The third-order valence-corrected chi connectivity index (χ3v) is 5.16. The lowest BCUT2D eigenvalue weighted by atomic mass is 10.0. The van der Waals surface area contributed by atoms with Gasteiger partial charge >= 0.3 is 5.97 Å². The van der Waals surface area contributed by atoms with Crippen LogP contribution < -0.4 is 5.32 Å². The molecule has 6 nitrogen and oxygen atoms in total. The fourth-order valence-electron chi connectivity index (χ4n) is 3.53. The summed E-state index contributed by atoms with van der Waals surface area (Å²) in [6.45, 7) is 1.57. The van der Waals surface area contributed by atoms with Crippen LogP contribution in [0.2, 0.25) is 0 Å². The van der Waals surface area contributed by atoms with Crippen molar-refractivity contribution >= 4 is 23.3 Å². The molecule has 0 aliphatic heterocycles. The summed E-state index contributed by atoms with van der Waals surface area (Å²) in [5, 5.41) is 2.67. The Morgan fingerprint density at radius 3 is 2.43 bits per heavy atom. The van der Waals surface area contributed by atoms with Crippen LogP contribution in [0.3, 0.4) is 0 Å². The van der Waals surface area contributed by atoms with Gasteiger partial charge in [0.15, 0.2) is 11.9 Å². The van der Waals surface area contributed by atoms with Gasteiger partial charge in [-0.1, -0.05) is 12.1 Å². The zero-order valence-corrected chi connectivity index (χ0v) is 16.5. The minimum absolute atomic E-state index is 0.192. The zero-order valence-electron chi connectivity index (χ0n) is 16.5. The molecule has 0 saturated carbocycles. The maximum Gasteiger partial charge on any atom is 0.338 e. The monoisotopic (exact) mass is 403 g/mol. The van der Waals surface area contributed by atoms with Gasteiger partial charge in [-0.25, -0.2) is 4.79 Å². The number of nitrogens with one attached hydrogen (secondary N) is 1. The Kier molecular flexibility index (Phi) is 5.48. The minimum Gasteiger partial charge on any atom is -0.459 e. The molecule has 0 unspecified atom stereocenters. The van der Waals surface area contributed by atoms with Gasteiger partial charge in [-0.15, -0.1) is 0 Å². The number of furan rings is 1. The lowest BCUT2D eigenvalue weighted by molar-refractivity contribution is 0.0319. The number of rotatable bonds is 6. The van der Waals surface area contributed by atoms with E-state index >= 15 is 0 Å². The van der Waals surface area contributed by atoms with Gasteiger partial charge in [0.1, 0.15) is 0 Å². The van der Waals surface area contributed by atoms with E-state index in [0.717, 1.165) is 19.3 Å². The molecule has 1 N–H and O–H groups in total. The Labute approximate surface area is 173 Å². The standard InChI is InChI=1S/C24H21NO5/c1-15(22(26)19-8-7-16-4-2-5-18(16)14-19)30-24(28)17-9-11-20(12-10-17)25-23(27)21-6-3-13-29-21/h3,6-15H,2,4-5H2,1H3,(H,25,27)/t15-/m1/s1. The van der Waals surface area contributed by atoms with Crippen LogP contribution >= 0.6 is 0 Å². The first-order valence-corrected chi connectivity index (χ1v) is 9.83. The quantitative estimate of drug-likeness (QED) is 0.485. The summed E-state index contributed by atoms with van der Waals surface area (Å²) in [7, 11) is 0. The number of ether oxygens (including phenoxy) is 1. The third-order valence-electron chi connectivity index (χ3n) is 5.16. The number of hydrogen-bond donors (Lipinski definition) is 1. The second kappa shape index (κ2) is 8.37. The highest BCUT2D eigenvalue weighted by Crippen LogP contribution is 2.24. The summed E-state index contributed by atoms with van der Waals surface area (Å²) >= 11 is 0. The van der Waals surface area contributed by atoms with E-state index < -0.39 is 12.1 Å². The van der Waals surface area contributed by atoms with Crippen LogP contribution in [0.5, 0.6) is 0 Å². The number of esters is 1. The number of aryl methyl sites for hydroxylation is 2. The summed E-state index contributed by atoms with van der Waals surface area (Å²) in [6.07, 6.45) is 3.66. The molecule has 152 valence electrons. The number of hydrogen-bond acceptors (Lipinski definition) is 5. The SMILES string of the molecule is C[C@@H](OC(=O)c1ccc(NC(=O)c2ccco2)cc1)C(=O)c1ccc2c(c1)CCC2. The lowest BCUT2D eigenvalue weighted by Gasteiger charge is -2.13. The molecule has 30 heavy (non-hydrogen) atoms. The van der Waals surface area contributed by atoms with Crippen molar-refractivity contribution in [2.75, 3.05) is 5.32 Å². The molecule has 0 radical (unpaired) electrons. The first kappa shape index (κ1) is 19.6. The van der Waals surface area contributed by atoms with Gasteiger partial charge in [0, 0.05) is 11.3 Å². The van der Waals surface area contributed by atoms with Gasteiger partial charge in [0.2, 0.25) is 5.78 Å². The highest BCUT2D eigenvalue weighted by molar-refractivity contribution is 6.03. The molecular formula is C24H21NO5. The summed E-state index contributed by atoms with van der Waals surface area (Å²) in [5.74, 6) is -1.01. The maximum atomic E-state index is 12.7. The molecule has 6 heteroatoms. The summed E-state index contributed by atoms with van der Waals surface area (Å²) in [5.41, 5.74) is 3.85. The van der Waals surface area contributed by atoms with E-state index in [1.165, 1.54) is 29.5 Å². The van der Waals surface area contributed by atoms with E-state index in [1.807, 2.05) is 12.1 Å². The number of benzene rings is 2. The van der Waals surface area contributed by atoms with E-state index in [-0.39, 0.29) is 17.5 Å². The van der Waals surface area contributed by atoms with Gasteiger partial charge < -0.3 is 14.5 Å². The molecule has 1 aliphatic carbocycles. The van der Waals surface area contributed by atoms with Crippen LogP contribution in [0.1, 0.15) is 55.7 Å². The Morgan fingerprint density at radius 1 is 0.967 bits per heavy atom. The van der Waals surface area contributed by atoms with Crippen molar-refractivity contribution in [1.29, 1.82) is 0 Å². The fourth-order valence-corrected chi connectivity index (χ4v) is 3.53. The molecule has 2 aromatic carbocycles. The Morgan fingerprint density at radius 2 is 1.70 bits per heavy atom. The van der Waals surface area contributed by atoms with Crippen molar-refractivity contribution in [2.45, 2.75) is 32.3 Å². The maximum absolute atomic E-state index is 12.7. The number of anilines is 1.